The summed E-state index contributed by atoms with van der Waals surface area (Å²) in [5.74, 6) is -1.21. The number of hydrogen-bond donors (Lipinski definition) is 1. The first-order chi connectivity index (χ1) is 9.50. The van der Waals surface area contributed by atoms with E-state index in [9.17, 15) is 9.59 Å². The Morgan fingerprint density at radius 1 is 1.15 bits per heavy atom. The molecule has 0 unspecified atom stereocenters. The number of aliphatic carboxylic acids is 1. The zero-order valence-electron chi connectivity index (χ0n) is 11.8. The van der Waals surface area contributed by atoms with Crippen LogP contribution in [0.25, 0.3) is 0 Å². The lowest BCUT2D eigenvalue weighted by Gasteiger charge is -2.23. The molecule has 0 spiro atoms. The molecule has 1 saturated carbocycles. The van der Waals surface area contributed by atoms with E-state index in [4.69, 9.17) is 5.11 Å². The summed E-state index contributed by atoms with van der Waals surface area (Å²) < 4.78 is 0. The van der Waals surface area contributed by atoms with E-state index in [2.05, 4.69) is 0 Å². The molecule has 0 radical (unpaired) electrons. The molecule has 1 fully saturated rings. The molecule has 1 aromatic carbocycles. The molecular formula is C16H19NO3. The third-order valence-electron chi connectivity index (χ3n) is 3.65. The van der Waals surface area contributed by atoms with Gasteiger partial charge < -0.3 is 10.0 Å². The van der Waals surface area contributed by atoms with Crippen molar-refractivity contribution in [3.8, 4) is 0 Å². The molecule has 1 aliphatic carbocycles. The van der Waals surface area contributed by atoms with Crippen LogP contribution >= 0.6 is 0 Å². The lowest BCUT2D eigenvalue weighted by atomic mass is 10.1. The number of carbonyl (C=O) groups is 2. The summed E-state index contributed by atoms with van der Waals surface area (Å²) in [6.07, 6.45) is 2.00. The zero-order chi connectivity index (χ0) is 14.7. The molecule has 0 aliphatic heterocycles. The molecule has 0 heterocycles. The molecular weight excluding hydrogens is 254 g/mol. The highest BCUT2D eigenvalue weighted by molar-refractivity contribution is 6.01. The van der Waals surface area contributed by atoms with E-state index in [0.717, 1.165) is 18.4 Å². The van der Waals surface area contributed by atoms with Crippen LogP contribution in [0, 0.1) is 0 Å². The van der Waals surface area contributed by atoms with Crippen molar-refractivity contribution in [1.82, 2.24) is 4.90 Å². The minimum atomic E-state index is -1.04. The van der Waals surface area contributed by atoms with E-state index in [0.29, 0.717) is 12.1 Å². The number of rotatable bonds is 5. The van der Waals surface area contributed by atoms with Crippen LogP contribution in [0.1, 0.15) is 32.3 Å². The van der Waals surface area contributed by atoms with Crippen molar-refractivity contribution in [2.24, 2.45) is 0 Å². The van der Waals surface area contributed by atoms with Crippen LogP contribution in [0.4, 0.5) is 0 Å². The van der Waals surface area contributed by atoms with Crippen molar-refractivity contribution in [2.45, 2.75) is 39.3 Å². The first-order valence-electron chi connectivity index (χ1n) is 6.76. The summed E-state index contributed by atoms with van der Waals surface area (Å²) in [6, 6.07) is 10.0. The molecule has 0 bridgehead atoms. The summed E-state index contributed by atoms with van der Waals surface area (Å²) in [7, 11) is 0. The molecule has 0 saturated heterocycles. The van der Waals surface area contributed by atoms with Gasteiger partial charge in [-0.05, 0) is 32.3 Å². The molecule has 0 aromatic heterocycles. The van der Waals surface area contributed by atoms with Crippen molar-refractivity contribution in [1.29, 1.82) is 0 Å². The van der Waals surface area contributed by atoms with Gasteiger partial charge in [0.1, 0.15) is 0 Å². The molecule has 0 atom stereocenters. The van der Waals surface area contributed by atoms with E-state index >= 15 is 0 Å². The smallest absolute Gasteiger partial charge is 0.331 e. The Kier molecular flexibility index (Phi) is 4.23. The third-order valence-corrected chi connectivity index (χ3v) is 3.65. The Bertz CT molecular complexity index is 544. The average Bonchev–Trinajstić information content (AvgIpc) is 3.28. The summed E-state index contributed by atoms with van der Waals surface area (Å²) in [4.78, 5) is 25.3. The van der Waals surface area contributed by atoms with E-state index in [-0.39, 0.29) is 17.5 Å². The maximum atomic E-state index is 12.5. The lowest BCUT2D eigenvalue weighted by molar-refractivity contribution is -0.134. The number of carboxylic acid groups (broad SMARTS) is 1. The van der Waals surface area contributed by atoms with Gasteiger partial charge in [0.25, 0.3) is 5.91 Å². The van der Waals surface area contributed by atoms with Gasteiger partial charge in [0, 0.05) is 23.7 Å². The van der Waals surface area contributed by atoms with Crippen LogP contribution in [-0.2, 0) is 16.1 Å². The topological polar surface area (TPSA) is 57.6 Å². The van der Waals surface area contributed by atoms with E-state index in [1.165, 1.54) is 6.92 Å². The number of amides is 1. The number of carbonyl (C=O) groups excluding carboxylic acids is 1. The fraction of sp³-hybridized carbons (Fsp3) is 0.375. The van der Waals surface area contributed by atoms with Crippen LogP contribution < -0.4 is 0 Å². The van der Waals surface area contributed by atoms with Crippen LogP contribution in [0.15, 0.2) is 41.5 Å². The molecule has 2 rings (SSSR count). The van der Waals surface area contributed by atoms with E-state index in [1.54, 1.807) is 11.8 Å². The van der Waals surface area contributed by atoms with Crippen LogP contribution in [-0.4, -0.2) is 27.9 Å². The average molecular weight is 273 g/mol. The summed E-state index contributed by atoms with van der Waals surface area (Å²) in [6.45, 7) is 3.60. The number of hydrogen-bond acceptors (Lipinski definition) is 2. The maximum absolute atomic E-state index is 12.5. The van der Waals surface area contributed by atoms with Crippen molar-refractivity contribution < 1.29 is 14.7 Å². The van der Waals surface area contributed by atoms with Gasteiger partial charge in [-0.15, -0.1) is 0 Å². The van der Waals surface area contributed by atoms with Crippen LogP contribution in [0.3, 0.4) is 0 Å². The van der Waals surface area contributed by atoms with Crippen LogP contribution in [0.5, 0.6) is 0 Å². The SMILES string of the molecule is CC(C(=O)O)=C(C)C(=O)N(Cc1ccccc1)C1CC1. The first kappa shape index (κ1) is 14.3. The van der Waals surface area contributed by atoms with Gasteiger partial charge in [-0.3, -0.25) is 4.79 Å². The highest BCUT2D eigenvalue weighted by Gasteiger charge is 2.33. The minimum Gasteiger partial charge on any atom is -0.478 e. The Morgan fingerprint density at radius 3 is 2.25 bits per heavy atom. The van der Waals surface area contributed by atoms with Gasteiger partial charge in [-0.2, -0.15) is 0 Å². The van der Waals surface area contributed by atoms with Gasteiger partial charge in [0.15, 0.2) is 0 Å². The van der Waals surface area contributed by atoms with Crippen molar-refractivity contribution in [3.63, 3.8) is 0 Å². The quantitative estimate of drug-likeness (QED) is 0.839. The highest BCUT2D eigenvalue weighted by atomic mass is 16.4. The Balaban J connectivity index is 2.19. The Morgan fingerprint density at radius 2 is 1.75 bits per heavy atom. The molecule has 4 nitrogen and oxygen atoms in total. The normalized spacial score (nSPS) is 15.5. The fourth-order valence-corrected chi connectivity index (χ4v) is 2.07. The molecule has 1 N–H and O–H groups in total. The number of benzene rings is 1. The lowest BCUT2D eigenvalue weighted by Crippen LogP contribution is -2.34. The van der Waals surface area contributed by atoms with Gasteiger partial charge in [0.2, 0.25) is 0 Å². The van der Waals surface area contributed by atoms with Gasteiger partial charge >= 0.3 is 5.97 Å². The fourth-order valence-electron chi connectivity index (χ4n) is 2.07. The molecule has 1 amide bonds. The standard InChI is InChI=1S/C16H19NO3/c1-11(12(2)16(19)20)15(18)17(14-8-9-14)10-13-6-4-3-5-7-13/h3-7,14H,8-10H2,1-2H3,(H,19,20). The van der Waals surface area contributed by atoms with E-state index < -0.39 is 5.97 Å². The molecule has 1 aromatic rings. The Labute approximate surface area is 118 Å². The molecule has 20 heavy (non-hydrogen) atoms. The second-order valence-electron chi connectivity index (χ2n) is 5.20. The predicted molar refractivity (Wildman–Crippen MR) is 76.0 cm³/mol. The summed E-state index contributed by atoms with van der Waals surface area (Å²) >= 11 is 0. The van der Waals surface area contributed by atoms with Crippen molar-refractivity contribution in [2.75, 3.05) is 0 Å². The predicted octanol–water partition coefficient (Wildman–Crippen LogP) is 2.60. The third kappa shape index (κ3) is 3.26. The number of carboxylic acids is 1. The molecule has 1 aliphatic rings. The highest BCUT2D eigenvalue weighted by Crippen LogP contribution is 2.30. The maximum Gasteiger partial charge on any atom is 0.331 e. The largest absolute Gasteiger partial charge is 0.478 e. The zero-order valence-corrected chi connectivity index (χ0v) is 11.8. The van der Waals surface area contributed by atoms with E-state index in [1.807, 2.05) is 30.3 Å². The minimum absolute atomic E-state index is 0.119. The van der Waals surface area contributed by atoms with Crippen molar-refractivity contribution in [3.05, 3.63) is 47.0 Å². The van der Waals surface area contributed by atoms with Gasteiger partial charge in [-0.25, -0.2) is 4.79 Å². The monoisotopic (exact) mass is 273 g/mol. The summed E-state index contributed by atoms with van der Waals surface area (Å²) in [5.41, 5.74) is 1.50. The Hall–Kier alpha value is -2.10. The van der Waals surface area contributed by atoms with Crippen LogP contribution in [0.2, 0.25) is 0 Å². The molecule has 106 valence electrons. The van der Waals surface area contributed by atoms with Gasteiger partial charge in [-0.1, -0.05) is 30.3 Å². The number of nitrogens with zero attached hydrogens (tertiary/aromatic N) is 1. The molecule has 4 heteroatoms. The van der Waals surface area contributed by atoms with Gasteiger partial charge in [0.05, 0.1) is 0 Å². The first-order valence-corrected chi connectivity index (χ1v) is 6.76. The second-order valence-corrected chi connectivity index (χ2v) is 5.20. The second kappa shape index (κ2) is 5.90. The summed E-state index contributed by atoms with van der Waals surface area (Å²) in [5, 5.41) is 9.00. The van der Waals surface area contributed by atoms with Crippen molar-refractivity contribution >= 4 is 11.9 Å².